The van der Waals surface area contributed by atoms with Crippen molar-refractivity contribution in [3.05, 3.63) is 76.3 Å². The molecule has 28 heavy (non-hydrogen) atoms. The number of ketones is 1. The monoisotopic (exact) mass is 395 g/mol. The molecular formula is C20H17N3O4S. The average Bonchev–Trinajstić information content (AvgIpc) is 2.73. The zero-order chi connectivity index (χ0) is 19.9. The molecule has 0 saturated carbocycles. The molecule has 0 unspecified atom stereocenters. The number of Topliss-reactive ketones (excluding diaryl/α,β-unsaturated/α-hetero) is 1. The Labute approximate surface area is 165 Å². The van der Waals surface area contributed by atoms with Crippen LogP contribution in [0.1, 0.15) is 17.3 Å². The number of benzene rings is 2. The highest BCUT2D eigenvalue weighted by atomic mass is 32.2. The predicted octanol–water partition coefficient (Wildman–Crippen LogP) is 4.43. The van der Waals surface area contributed by atoms with Gasteiger partial charge in [0.25, 0.3) is 5.69 Å². The number of nitro groups is 1. The molecule has 8 heteroatoms. The summed E-state index contributed by atoms with van der Waals surface area (Å²) in [6.45, 7) is 2.54. The van der Waals surface area contributed by atoms with Gasteiger partial charge in [0.2, 0.25) is 0 Å². The summed E-state index contributed by atoms with van der Waals surface area (Å²) in [5.41, 5.74) is 1.84. The van der Waals surface area contributed by atoms with E-state index in [1.165, 1.54) is 30.0 Å². The molecule has 142 valence electrons. The van der Waals surface area contributed by atoms with E-state index >= 15 is 0 Å². The molecule has 0 spiro atoms. The molecule has 0 fully saturated rings. The Morgan fingerprint density at radius 3 is 2.54 bits per heavy atom. The van der Waals surface area contributed by atoms with Crippen LogP contribution >= 0.6 is 11.8 Å². The van der Waals surface area contributed by atoms with Gasteiger partial charge in [-0.25, -0.2) is 0 Å². The number of hydrogen-bond donors (Lipinski definition) is 0. The lowest BCUT2D eigenvalue weighted by Gasteiger charge is -2.05. The lowest BCUT2D eigenvalue weighted by atomic mass is 10.1. The van der Waals surface area contributed by atoms with Crippen LogP contribution in [0.2, 0.25) is 0 Å². The van der Waals surface area contributed by atoms with Gasteiger partial charge in [-0.05, 0) is 43.3 Å². The Morgan fingerprint density at radius 1 is 1.11 bits per heavy atom. The van der Waals surface area contributed by atoms with E-state index in [0.29, 0.717) is 17.2 Å². The van der Waals surface area contributed by atoms with E-state index in [-0.39, 0.29) is 17.2 Å². The van der Waals surface area contributed by atoms with Crippen molar-refractivity contribution in [3.8, 4) is 17.0 Å². The van der Waals surface area contributed by atoms with Crippen molar-refractivity contribution >= 4 is 23.2 Å². The number of carbonyl (C=O) groups excluding carboxylic acids is 1. The van der Waals surface area contributed by atoms with Gasteiger partial charge in [0.15, 0.2) is 5.78 Å². The minimum Gasteiger partial charge on any atom is -0.494 e. The number of rotatable bonds is 8. The maximum Gasteiger partial charge on any atom is 0.270 e. The van der Waals surface area contributed by atoms with E-state index in [1.807, 2.05) is 37.3 Å². The van der Waals surface area contributed by atoms with Gasteiger partial charge in [-0.2, -0.15) is 0 Å². The second-order valence-corrected chi connectivity index (χ2v) is 6.73. The van der Waals surface area contributed by atoms with Crippen molar-refractivity contribution in [1.82, 2.24) is 10.2 Å². The molecule has 1 aromatic heterocycles. The Bertz CT molecular complexity index is 976. The normalized spacial score (nSPS) is 10.5. The highest BCUT2D eigenvalue weighted by Gasteiger charge is 2.12. The Balaban J connectivity index is 1.62. The SMILES string of the molecule is CCOc1ccc(-c2ccc(SCC(=O)c3cccc([N+](=O)[O-])c3)nn2)cc1. The van der Waals surface area contributed by atoms with Crippen LogP contribution in [-0.2, 0) is 0 Å². The second kappa shape index (κ2) is 9.09. The first-order valence-electron chi connectivity index (χ1n) is 8.54. The predicted molar refractivity (Wildman–Crippen MR) is 107 cm³/mol. The maximum atomic E-state index is 12.3. The van der Waals surface area contributed by atoms with Crippen molar-refractivity contribution in [1.29, 1.82) is 0 Å². The summed E-state index contributed by atoms with van der Waals surface area (Å²) in [5.74, 6) is 0.718. The van der Waals surface area contributed by atoms with E-state index in [1.54, 1.807) is 12.1 Å². The first kappa shape index (κ1) is 19.5. The summed E-state index contributed by atoms with van der Waals surface area (Å²) in [5, 5.41) is 19.8. The Kier molecular flexibility index (Phi) is 6.33. The maximum absolute atomic E-state index is 12.3. The Hall–Kier alpha value is -3.26. The summed E-state index contributed by atoms with van der Waals surface area (Å²) >= 11 is 1.24. The van der Waals surface area contributed by atoms with Gasteiger partial charge in [-0.1, -0.05) is 23.9 Å². The molecule has 0 amide bonds. The molecule has 0 radical (unpaired) electrons. The number of ether oxygens (including phenoxy) is 1. The van der Waals surface area contributed by atoms with Crippen molar-refractivity contribution in [2.75, 3.05) is 12.4 Å². The molecule has 1 heterocycles. The molecule has 2 aromatic carbocycles. The molecule has 0 aliphatic carbocycles. The standard InChI is InChI=1S/C20H17N3O4S/c1-2-27-17-8-6-14(7-9-17)18-10-11-20(22-21-18)28-13-19(24)15-4-3-5-16(12-15)23(25)26/h3-12H,2,13H2,1H3. The van der Waals surface area contributed by atoms with Gasteiger partial charge in [-0.15, -0.1) is 10.2 Å². The zero-order valence-electron chi connectivity index (χ0n) is 15.1. The number of thioether (sulfide) groups is 1. The van der Waals surface area contributed by atoms with Gasteiger partial charge in [-0.3, -0.25) is 14.9 Å². The van der Waals surface area contributed by atoms with Crippen molar-refractivity contribution in [3.63, 3.8) is 0 Å². The lowest BCUT2D eigenvalue weighted by molar-refractivity contribution is -0.384. The smallest absolute Gasteiger partial charge is 0.270 e. The van der Waals surface area contributed by atoms with Gasteiger partial charge in [0, 0.05) is 23.3 Å². The molecule has 0 saturated heterocycles. The van der Waals surface area contributed by atoms with Crippen molar-refractivity contribution < 1.29 is 14.5 Å². The van der Waals surface area contributed by atoms with Crippen LogP contribution in [0.5, 0.6) is 5.75 Å². The van der Waals surface area contributed by atoms with E-state index < -0.39 is 4.92 Å². The fourth-order valence-electron chi connectivity index (χ4n) is 2.46. The third kappa shape index (κ3) is 4.92. The fourth-order valence-corrected chi connectivity index (χ4v) is 3.16. The first-order valence-corrected chi connectivity index (χ1v) is 9.53. The summed E-state index contributed by atoms with van der Waals surface area (Å²) in [6, 6.07) is 16.9. The highest BCUT2D eigenvalue weighted by molar-refractivity contribution is 7.99. The second-order valence-electron chi connectivity index (χ2n) is 5.73. The number of nitrogens with zero attached hydrogens (tertiary/aromatic N) is 3. The third-order valence-corrected chi connectivity index (χ3v) is 4.75. The molecule has 0 atom stereocenters. The molecule has 0 aliphatic rings. The van der Waals surface area contributed by atoms with Gasteiger partial charge >= 0.3 is 0 Å². The van der Waals surface area contributed by atoms with Crippen molar-refractivity contribution in [2.45, 2.75) is 11.9 Å². The average molecular weight is 395 g/mol. The van der Waals surface area contributed by atoms with Crippen LogP contribution in [0.25, 0.3) is 11.3 Å². The van der Waals surface area contributed by atoms with E-state index in [4.69, 9.17) is 4.74 Å². The van der Waals surface area contributed by atoms with Crippen LogP contribution in [0, 0.1) is 10.1 Å². The van der Waals surface area contributed by atoms with Crippen LogP contribution in [0.4, 0.5) is 5.69 Å². The summed E-state index contributed by atoms with van der Waals surface area (Å²) in [4.78, 5) is 22.6. The minimum absolute atomic E-state index is 0.102. The quantitative estimate of drug-likeness (QED) is 0.241. The van der Waals surface area contributed by atoms with Crippen LogP contribution in [-0.4, -0.2) is 33.3 Å². The fraction of sp³-hybridized carbons (Fsp3) is 0.150. The number of non-ortho nitro benzene ring substituents is 1. The zero-order valence-corrected chi connectivity index (χ0v) is 15.9. The molecule has 7 nitrogen and oxygen atoms in total. The largest absolute Gasteiger partial charge is 0.494 e. The van der Waals surface area contributed by atoms with E-state index in [0.717, 1.165) is 17.0 Å². The van der Waals surface area contributed by atoms with Crippen LogP contribution in [0.3, 0.4) is 0 Å². The number of hydrogen-bond acceptors (Lipinski definition) is 7. The topological polar surface area (TPSA) is 95.2 Å². The molecular weight excluding hydrogens is 378 g/mol. The van der Waals surface area contributed by atoms with Crippen LogP contribution in [0.15, 0.2) is 65.7 Å². The van der Waals surface area contributed by atoms with Gasteiger partial charge < -0.3 is 4.74 Å². The summed E-state index contributed by atoms with van der Waals surface area (Å²) in [6.07, 6.45) is 0. The highest BCUT2D eigenvalue weighted by Crippen LogP contribution is 2.23. The lowest BCUT2D eigenvalue weighted by Crippen LogP contribution is -2.03. The molecule has 0 aliphatic heterocycles. The first-order chi connectivity index (χ1) is 13.6. The molecule has 0 N–H and O–H groups in total. The van der Waals surface area contributed by atoms with E-state index in [9.17, 15) is 14.9 Å². The van der Waals surface area contributed by atoms with Gasteiger partial charge in [0.05, 0.1) is 23.0 Å². The van der Waals surface area contributed by atoms with Gasteiger partial charge in [0.1, 0.15) is 10.8 Å². The van der Waals surface area contributed by atoms with Crippen LogP contribution < -0.4 is 4.74 Å². The number of aromatic nitrogens is 2. The number of nitro benzene ring substituents is 1. The Morgan fingerprint density at radius 2 is 1.89 bits per heavy atom. The van der Waals surface area contributed by atoms with Crippen molar-refractivity contribution in [2.24, 2.45) is 0 Å². The molecule has 0 bridgehead atoms. The molecule has 3 aromatic rings. The van der Waals surface area contributed by atoms with E-state index in [2.05, 4.69) is 10.2 Å². The minimum atomic E-state index is -0.519. The summed E-state index contributed by atoms with van der Waals surface area (Å²) in [7, 11) is 0. The summed E-state index contributed by atoms with van der Waals surface area (Å²) < 4.78 is 5.42. The third-order valence-electron chi connectivity index (χ3n) is 3.83. The molecule has 3 rings (SSSR count). The number of carbonyl (C=O) groups is 1.